The second-order valence-corrected chi connectivity index (χ2v) is 7.71. The van der Waals surface area contributed by atoms with Crippen molar-refractivity contribution in [2.45, 2.75) is 13.2 Å². The lowest BCUT2D eigenvalue weighted by molar-refractivity contribution is -0.123. The van der Waals surface area contributed by atoms with E-state index in [0.717, 1.165) is 10.5 Å². The molecule has 1 saturated heterocycles. The molecule has 0 aliphatic carbocycles. The summed E-state index contributed by atoms with van der Waals surface area (Å²) in [6.07, 6.45) is 1.53. The van der Waals surface area contributed by atoms with Crippen molar-refractivity contribution in [3.05, 3.63) is 100 Å². The summed E-state index contributed by atoms with van der Waals surface area (Å²) in [6.45, 7) is 0.218. The summed E-state index contributed by atoms with van der Waals surface area (Å²) < 4.78 is 24.3. The number of nitrogens with one attached hydrogen (secondary N) is 1. The number of imide groups is 1. The van der Waals surface area contributed by atoms with Gasteiger partial charge in [0.2, 0.25) is 0 Å². The van der Waals surface area contributed by atoms with Gasteiger partial charge in [-0.25, -0.2) is 14.0 Å². The number of nitrogens with zero attached hydrogens (tertiary/aromatic N) is 1. The first kappa shape index (κ1) is 23.5. The van der Waals surface area contributed by atoms with Gasteiger partial charge in [-0.2, -0.15) is 0 Å². The standard InChI is InChI=1S/C26H21FN2O6/c1-34-23-13-18(6-11-22(23)35-15-17-2-7-19(8-3-17)25(31)32)12-21-24(30)29(26(33)28-21)14-16-4-9-20(27)10-5-16/h2-13H,14-15H2,1H3,(H,28,33)(H,31,32)/b21-12-. The lowest BCUT2D eigenvalue weighted by Crippen LogP contribution is -2.30. The number of halogens is 1. The van der Waals surface area contributed by atoms with Crippen LogP contribution in [0.4, 0.5) is 9.18 Å². The van der Waals surface area contributed by atoms with Crippen molar-refractivity contribution >= 4 is 24.0 Å². The van der Waals surface area contributed by atoms with E-state index in [4.69, 9.17) is 14.6 Å². The molecule has 9 heteroatoms. The number of carbonyl (C=O) groups excluding carboxylic acids is 2. The molecule has 1 aliphatic rings. The van der Waals surface area contributed by atoms with Gasteiger partial charge in [0.15, 0.2) is 11.5 Å². The molecule has 8 nitrogen and oxygen atoms in total. The third kappa shape index (κ3) is 5.47. The second kappa shape index (κ2) is 10.1. The number of carboxylic acid groups (broad SMARTS) is 1. The maximum absolute atomic E-state index is 13.1. The van der Waals surface area contributed by atoms with Gasteiger partial charge in [-0.1, -0.05) is 30.3 Å². The largest absolute Gasteiger partial charge is 0.493 e. The maximum atomic E-state index is 13.1. The topological polar surface area (TPSA) is 105 Å². The van der Waals surface area contributed by atoms with Crippen LogP contribution >= 0.6 is 0 Å². The van der Waals surface area contributed by atoms with Gasteiger partial charge in [-0.15, -0.1) is 0 Å². The summed E-state index contributed by atoms with van der Waals surface area (Å²) in [6, 6.07) is 16.4. The van der Waals surface area contributed by atoms with Crippen LogP contribution in [0.25, 0.3) is 6.08 Å². The van der Waals surface area contributed by atoms with Crippen LogP contribution in [0.1, 0.15) is 27.0 Å². The van der Waals surface area contributed by atoms with Gasteiger partial charge in [0.25, 0.3) is 5.91 Å². The van der Waals surface area contributed by atoms with Crippen LogP contribution in [0, 0.1) is 5.82 Å². The summed E-state index contributed by atoms with van der Waals surface area (Å²) in [5.41, 5.74) is 2.30. The average Bonchev–Trinajstić information content (AvgIpc) is 3.11. The Hall–Kier alpha value is -4.66. The number of ether oxygens (including phenoxy) is 2. The van der Waals surface area contributed by atoms with E-state index < -0.39 is 23.7 Å². The summed E-state index contributed by atoms with van der Waals surface area (Å²) in [5.74, 6) is -1.02. The van der Waals surface area contributed by atoms with Crippen molar-refractivity contribution in [2.24, 2.45) is 0 Å². The minimum atomic E-state index is -1.00. The van der Waals surface area contributed by atoms with Gasteiger partial charge in [-0.3, -0.25) is 9.69 Å². The van der Waals surface area contributed by atoms with E-state index in [1.165, 1.54) is 49.6 Å². The Morgan fingerprint density at radius 1 is 1.00 bits per heavy atom. The number of amides is 3. The van der Waals surface area contributed by atoms with Crippen LogP contribution in [0.2, 0.25) is 0 Å². The first-order valence-corrected chi connectivity index (χ1v) is 10.6. The smallest absolute Gasteiger partial charge is 0.335 e. The highest BCUT2D eigenvalue weighted by molar-refractivity contribution is 6.13. The molecule has 3 aromatic rings. The minimum Gasteiger partial charge on any atom is -0.493 e. The SMILES string of the molecule is COc1cc(/C=C2\NC(=O)N(Cc3ccc(F)cc3)C2=O)ccc1OCc1ccc(C(=O)O)cc1. The van der Waals surface area contributed by atoms with Gasteiger partial charge in [0, 0.05) is 0 Å². The molecule has 4 rings (SSSR count). The third-order valence-corrected chi connectivity index (χ3v) is 5.31. The molecule has 0 bridgehead atoms. The fourth-order valence-corrected chi connectivity index (χ4v) is 3.45. The van der Waals surface area contributed by atoms with Crippen LogP contribution in [-0.4, -0.2) is 35.0 Å². The van der Waals surface area contributed by atoms with Gasteiger partial charge in [-0.05, 0) is 59.2 Å². The van der Waals surface area contributed by atoms with Crippen molar-refractivity contribution in [3.63, 3.8) is 0 Å². The molecule has 1 fully saturated rings. The fourth-order valence-electron chi connectivity index (χ4n) is 3.45. The Morgan fingerprint density at radius 2 is 1.69 bits per heavy atom. The maximum Gasteiger partial charge on any atom is 0.335 e. The van der Waals surface area contributed by atoms with Crippen LogP contribution in [0.3, 0.4) is 0 Å². The minimum absolute atomic E-state index is 0.0197. The number of hydrogen-bond donors (Lipinski definition) is 2. The summed E-state index contributed by atoms with van der Waals surface area (Å²) in [5, 5.41) is 11.5. The molecule has 178 valence electrons. The van der Waals surface area contributed by atoms with Crippen molar-refractivity contribution in [1.82, 2.24) is 10.2 Å². The normalized spacial score (nSPS) is 14.2. The van der Waals surface area contributed by atoms with Crippen molar-refractivity contribution < 1.29 is 33.4 Å². The fraction of sp³-hybridized carbons (Fsp3) is 0.115. The van der Waals surface area contributed by atoms with Crippen molar-refractivity contribution in [3.8, 4) is 11.5 Å². The highest BCUT2D eigenvalue weighted by Crippen LogP contribution is 2.30. The Morgan fingerprint density at radius 3 is 2.34 bits per heavy atom. The van der Waals surface area contributed by atoms with Crippen LogP contribution < -0.4 is 14.8 Å². The molecule has 0 saturated carbocycles. The molecule has 3 amide bonds. The Kier molecular flexibility index (Phi) is 6.77. The van der Waals surface area contributed by atoms with Gasteiger partial charge < -0.3 is 19.9 Å². The number of aromatic carboxylic acids is 1. The van der Waals surface area contributed by atoms with E-state index in [9.17, 15) is 18.8 Å². The van der Waals surface area contributed by atoms with Gasteiger partial charge in [0.05, 0.1) is 19.2 Å². The predicted octanol–water partition coefficient (Wildman–Crippen LogP) is 4.20. The lowest BCUT2D eigenvalue weighted by Gasteiger charge is -2.12. The molecule has 0 atom stereocenters. The molecular formula is C26H21FN2O6. The highest BCUT2D eigenvalue weighted by Gasteiger charge is 2.33. The zero-order valence-corrected chi connectivity index (χ0v) is 18.7. The average molecular weight is 476 g/mol. The number of rotatable bonds is 8. The van der Waals surface area contributed by atoms with E-state index >= 15 is 0 Å². The molecule has 1 heterocycles. The van der Waals surface area contributed by atoms with Crippen LogP contribution in [-0.2, 0) is 17.9 Å². The van der Waals surface area contributed by atoms with Crippen molar-refractivity contribution in [1.29, 1.82) is 0 Å². The van der Waals surface area contributed by atoms with Crippen LogP contribution in [0.5, 0.6) is 11.5 Å². The zero-order valence-electron chi connectivity index (χ0n) is 18.7. The molecule has 3 aromatic carbocycles. The molecule has 0 radical (unpaired) electrons. The number of benzene rings is 3. The van der Waals surface area contributed by atoms with E-state index in [-0.39, 0.29) is 24.4 Å². The monoisotopic (exact) mass is 476 g/mol. The Labute approximate surface area is 200 Å². The Balaban J connectivity index is 1.45. The summed E-state index contributed by atoms with van der Waals surface area (Å²) in [4.78, 5) is 37.1. The first-order chi connectivity index (χ1) is 16.8. The lowest BCUT2D eigenvalue weighted by atomic mass is 10.1. The number of carboxylic acids is 1. The molecule has 2 N–H and O–H groups in total. The van der Waals surface area contributed by atoms with E-state index in [1.807, 2.05) is 0 Å². The molecule has 0 unspecified atom stereocenters. The molecule has 1 aliphatic heterocycles. The molecular weight excluding hydrogens is 455 g/mol. The van der Waals surface area contributed by atoms with E-state index in [2.05, 4.69) is 5.32 Å². The number of urea groups is 1. The highest BCUT2D eigenvalue weighted by atomic mass is 19.1. The van der Waals surface area contributed by atoms with E-state index in [0.29, 0.717) is 22.6 Å². The molecule has 35 heavy (non-hydrogen) atoms. The van der Waals surface area contributed by atoms with E-state index in [1.54, 1.807) is 30.3 Å². The number of methoxy groups -OCH3 is 1. The van der Waals surface area contributed by atoms with Gasteiger partial charge >= 0.3 is 12.0 Å². The first-order valence-electron chi connectivity index (χ1n) is 10.6. The molecule has 0 aromatic heterocycles. The second-order valence-electron chi connectivity index (χ2n) is 7.71. The van der Waals surface area contributed by atoms with Gasteiger partial charge in [0.1, 0.15) is 18.1 Å². The number of carbonyl (C=O) groups is 3. The van der Waals surface area contributed by atoms with Crippen LogP contribution in [0.15, 0.2) is 72.4 Å². The third-order valence-electron chi connectivity index (χ3n) is 5.31. The Bertz CT molecular complexity index is 1300. The summed E-state index contributed by atoms with van der Waals surface area (Å²) in [7, 11) is 1.48. The quantitative estimate of drug-likeness (QED) is 0.373. The summed E-state index contributed by atoms with van der Waals surface area (Å²) >= 11 is 0. The molecule has 0 spiro atoms. The van der Waals surface area contributed by atoms with Crippen molar-refractivity contribution in [2.75, 3.05) is 7.11 Å². The number of hydrogen-bond acceptors (Lipinski definition) is 5. The zero-order chi connectivity index (χ0) is 24.9. The predicted molar refractivity (Wildman–Crippen MR) is 124 cm³/mol.